The van der Waals surface area contributed by atoms with Crippen LogP contribution < -0.4 is 4.74 Å². The van der Waals surface area contributed by atoms with Gasteiger partial charge in [-0.1, -0.05) is 17.7 Å². The zero-order valence-electron chi connectivity index (χ0n) is 20.7. The van der Waals surface area contributed by atoms with Crippen LogP contribution in [0.5, 0.6) is 5.75 Å². The molecule has 1 amide bonds. The van der Waals surface area contributed by atoms with E-state index in [-0.39, 0.29) is 5.91 Å². The lowest BCUT2D eigenvalue weighted by Gasteiger charge is -2.26. The standard InChI is InChI=1S/C29H32N4O3/c1-22-8-10-24(11-9-22)33-27-20-25(12-13-26(27)31-29(33)23-6-5-14-30-21-23)36-17-4-2-3-7-28(34)32-15-18-35-19-16-32/h5-6,8-14,20-21H,2-4,7,15-19H2,1H3. The van der Waals surface area contributed by atoms with Gasteiger partial charge in [-0.3, -0.25) is 14.3 Å². The molecule has 1 saturated heterocycles. The molecule has 186 valence electrons. The molecule has 36 heavy (non-hydrogen) atoms. The number of carbonyl (C=O) groups excluding carboxylic acids is 1. The van der Waals surface area contributed by atoms with Gasteiger partial charge in [0.05, 0.1) is 30.9 Å². The number of pyridine rings is 1. The molecule has 5 rings (SSSR count). The van der Waals surface area contributed by atoms with E-state index in [0.717, 1.165) is 53.1 Å². The van der Waals surface area contributed by atoms with Crippen LogP contribution in [0.2, 0.25) is 0 Å². The SMILES string of the molecule is Cc1ccc(-n2c(-c3cccnc3)nc3ccc(OCCCCCC(=O)N4CCOCC4)cc32)cc1. The lowest BCUT2D eigenvalue weighted by molar-refractivity contribution is -0.135. The van der Waals surface area contributed by atoms with E-state index in [1.165, 1.54) is 5.56 Å². The maximum Gasteiger partial charge on any atom is 0.222 e. The zero-order valence-corrected chi connectivity index (χ0v) is 20.7. The number of aryl methyl sites for hydroxylation is 1. The van der Waals surface area contributed by atoms with Gasteiger partial charge in [0.1, 0.15) is 11.6 Å². The van der Waals surface area contributed by atoms with E-state index in [0.29, 0.717) is 39.3 Å². The van der Waals surface area contributed by atoms with Crippen molar-refractivity contribution in [2.24, 2.45) is 0 Å². The highest BCUT2D eigenvalue weighted by Gasteiger charge is 2.17. The zero-order chi connectivity index (χ0) is 24.7. The van der Waals surface area contributed by atoms with Crippen LogP contribution in [0.25, 0.3) is 28.1 Å². The van der Waals surface area contributed by atoms with Gasteiger partial charge < -0.3 is 14.4 Å². The number of hydrogen-bond donors (Lipinski definition) is 0. The number of carbonyl (C=O) groups is 1. The number of amides is 1. The summed E-state index contributed by atoms with van der Waals surface area (Å²) in [7, 11) is 0. The van der Waals surface area contributed by atoms with Crippen molar-refractivity contribution >= 4 is 16.9 Å². The topological polar surface area (TPSA) is 69.5 Å². The lowest BCUT2D eigenvalue weighted by atomic mass is 10.2. The maximum atomic E-state index is 12.3. The second kappa shape index (κ2) is 11.4. The first-order chi connectivity index (χ1) is 17.7. The Morgan fingerprint density at radius 3 is 2.64 bits per heavy atom. The van der Waals surface area contributed by atoms with Gasteiger partial charge in [0.15, 0.2) is 0 Å². The number of imidazole rings is 1. The molecule has 1 aliphatic heterocycles. The molecule has 0 unspecified atom stereocenters. The molecule has 3 heterocycles. The summed E-state index contributed by atoms with van der Waals surface area (Å²) in [4.78, 5) is 23.4. The van der Waals surface area contributed by atoms with Crippen molar-refractivity contribution in [2.45, 2.75) is 32.6 Å². The predicted molar refractivity (Wildman–Crippen MR) is 140 cm³/mol. The summed E-state index contributed by atoms with van der Waals surface area (Å²) in [6, 6.07) is 18.4. The lowest BCUT2D eigenvalue weighted by Crippen LogP contribution is -2.40. The number of aromatic nitrogens is 3. The predicted octanol–water partition coefficient (Wildman–Crippen LogP) is 5.19. The third-order valence-corrected chi connectivity index (χ3v) is 6.51. The Morgan fingerprint density at radius 1 is 1.03 bits per heavy atom. The molecular weight excluding hydrogens is 452 g/mol. The molecule has 0 N–H and O–H groups in total. The number of hydrogen-bond acceptors (Lipinski definition) is 5. The molecule has 7 nitrogen and oxygen atoms in total. The molecule has 1 fully saturated rings. The van der Waals surface area contributed by atoms with Crippen LogP contribution >= 0.6 is 0 Å². The summed E-state index contributed by atoms with van der Waals surface area (Å²) >= 11 is 0. The fourth-order valence-corrected chi connectivity index (χ4v) is 4.50. The van der Waals surface area contributed by atoms with Crippen LogP contribution in [0.15, 0.2) is 67.0 Å². The van der Waals surface area contributed by atoms with Crippen LogP contribution in [0.3, 0.4) is 0 Å². The van der Waals surface area contributed by atoms with Crippen molar-refractivity contribution < 1.29 is 14.3 Å². The third-order valence-electron chi connectivity index (χ3n) is 6.51. The minimum Gasteiger partial charge on any atom is -0.494 e. The van der Waals surface area contributed by atoms with Gasteiger partial charge in [-0.15, -0.1) is 0 Å². The molecule has 0 atom stereocenters. The second-order valence-electron chi connectivity index (χ2n) is 9.15. The van der Waals surface area contributed by atoms with Crippen LogP contribution in [0.4, 0.5) is 0 Å². The van der Waals surface area contributed by atoms with Crippen molar-refractivity contribution in [1.29, 1.82) is 0 Å². The van der Waals surface area contributed by atoms with E-state index in [9.17, 15) is 4.79 Å². The Kier molecular flexibility index (Phi) is 7.57. The molecule has 0 spiro atoms. The Balaban J connectivity index is 1.26. The Bertz CT molecular complexity index is 1300. The molecule has 2 aromatic carbocycles. The van der Waals surface area contributed by atoms with E-state index >= 15 is 0 Å². The highest BCUT2D eigenvalue weighted by atomic mass is 16.5. The number of benzene rings is 2. The van der Waals surface area contributed by atoms with Crippen molar-refractivity contribution in [3.05, 3.63) is 72.6 Å². The van der Waals surface area contributed by atoms with Crippen LogP contribution in [-0.2, 0) is 9.53 Å². The smallest absolute Gasteiger partial charge is 0.222 e. The minimum absolute atomic E-state index is 0.235. The average Bonchev–Trinajstić information content (AvgIpc) is 3.31. The summed E-state index contributed by atoms with van der Waals surface area (Å²) in [5, 5.41) is 0. The number of rotatable bonds is 9. The maximum absolute atomic E-state index is 12.3. The van der Waals surface area contributed by atoms with Crippen molar-refractivity contribution in [1.82, 2.24) is 19.4 Å². The Morgan fingerprint density at radius 2 is 1.86 bits per heavy atom. The normalized spacial score (nSPS) is 13.8. The van der Waals surface area contributed by atoms with Gasteiger partial charge in [0.25, 0.3) is 0 Å². The summed E-state index contributed by atoms with van der Waals surface area (Å²) in [6.07, 6.45) is 6.96. The van der Waals surface area contributed by atoms with E-state index < -0.39 is 0 Å². The fourth-order valence-electron chi connectivity index (χ4n) is 4.50. The molecule has 0 bridgehead atoms. The second-order valence-corrected chi connectivity index (χ2v) is 9.15. The third kappa shape index (κ3) is 5.57. The first-order valence-electron chi connectivity index (χ1n) is 12.7. The van der Waals surface area contributed by atoms with E-state index in [4.69, 9.17) is 14.5 Å². The van der Waals surface area contributed by atoms with E-state index in [2.05, 4.69) is 46.8 Å². The molecule has 0 radical (unpaired) electrons. The quantitative estimate of drug-likeness (QED) is 0.306. The van der Waals surface area contributed by atoms with Crippen LogP contribution in [-0.4, -0.2) is 58.3 Å². The van der Waals surface area contributed by atoms with Crippen LogP contribution in [0.1, 0.15) is 31.2 Å². The molecular formula is C29H32N4O3. The number of morpholine rings is 1. The number of nitrogens with zero attached hydrogens (tertiary/aromatic N) is 4. The van der Waals surface area contributed by atoms with Crippen molar-refractivity contribution in [2.75, 3.05) is 32.9 Å². The molecule has 2 aromatic heterocycles. The first kappa shape index (κ1) is 24.0. The highest BCUT2D eigenvalue weighted by molar-refractivity contribution is 5.84. The van der Waals surface area contributed by atoms with Crippen molar-refractivity contribution in [3.8, 4) is 22.8 Å². The monoisotopic (exact) mass is 484 g/mol. The van der Waals surface area contributed by atoms with Crippen LogP contribution in [0, 0.1) is 6.92 Å². The van der Waals surface area contributed by atoms with Gasteiger partial charge in [0, 0.05) is 49.2 Å². The molecule has 1 aliphatic rings. The number of ether oxygens (including phenoxy) is 2. The largest absolute Gasteiger partial charge is 0.494 e. The summed E-state index contributed by atoms with van der Waals surface area (Å²) < 4.78 is 13.6. The minimum atomic E-state index is 0.235. The Hall–Kier alpha value is -3.71. The highest BCUT2D eigenvalue weighted by Crippen LogP contribution is 2.30. The van der Waals surface area contributed by atoms with Crippen molar-refractivity contribution in [3.63, 3.8) is 0 Å². The first-order valence-corrected chi connectivity index (χ1v) is 12.7. The van der Waals surface area contributed by atoms with Gasteiger partial charge in [-0.2, -0.15) is 0 Å². The number of unbranched alkanes of at least 4 members (excludes halogenated alkanes) is 2. The van der Waals surface area contributed by atoms with E-state index in [1.807, 2.05) is 35.4 Å². The Labute approximate surface area is 211 Å². The fraction of sp³-hybridized carbons (Fsp3) is 0.345. The van der Waals surface area contributed by atoms with Gasteiger partial charge in [0.2, 0.25) is 5.91 Å². The van der Waals surface area contributed by atoms with E-state index in [1.54, 1.807) is 6.20 Å². The number of fused-ring (bicyclic) bond motifs is 1. The molecule has 4 aromatic rings. The van der Waals surface area contributed by atoms with Gasteiger partial charge in [-0.25, -0.2) is 4.98 Å². The van der Waals surface area contributed by atoms with Gasteiger partial charge in [-0.05, 0) is 62.6 Å². The molecule has 7 heteroatoms. The average molecular weight is 485 g/mol. The summed E-state index contributed by atoms with van der Waals surface area (Å²) in [5.41, 5.74) is 5.11. The molecule has 0 saturated carbocycles. The summed E-state index contributed by atoms with van der Waals surface area (Å²) in [5.74, 6) is 1.90. The molecule has 0 aliphatic carbocycles. The summed E-state index contributed by atoms with van der Waals surface area (Å²) in [6.45, 7) is 5.43. The van der Waals surface area contributed by atoms with Gasteiger partial charge >= 0.3 is 0 Å².